The molecule has 4 aromatic rings. The van der Waals surface area contributed by atoms with Crippen molar-refractivity contribution in [1.82, 2.24) is 14.5 Å². The van der Waals surface area contributed by atoms with Gasteiger partial charge >= 0.3 is 0 Å². The van der Waals surface area contributed by atoms with Gasteiger partial charge in [0.25, 0.3) is 5.56 Å². The van der Waals surface area contributed by atoms with E-state index in [2.05, 4.69) is 41.6 Å². The van der Waals surface area contributed by atoms with Gasteiger partial charge in [-0.1, -0.05) is 41.6 Å². The minimum absolute atomic E-state index is 0.00683. The van der Waals surface area contributed by atoms with Crippen LogP contribution < -0.4 is 5.56 Å². The van der Waals surface area contributed by atoms with Gasteiger partial charge in [0.1, 0.15) is 9.84 Å². The van der Waals surface area contributed by atoms with Crippen LogP contribution >= 0.6 is 34.4 Å². The van der Waals surface area contributed by atoms with Crippen molar-refractivity contribution in [1.29, 1.82) is 0 Å². The Morgan fingerprint density at radius 1 is 1.12 bits per heavy atom. The number of benzene rings is 1. The van der Waals surface area contributed by atoms with E-state index < -0.39 is 0 Å². The Bertz CT molecular complexity index is 1090. The SMILES string of the molecule is Cc1ccc(-c2nc(CSc3nc4sccc4c(=O)n3C)cs2)cc1. The first kappa shape index (κ1) is 16.5. The minimum Gasteiger partial charge on any atom is -0.290 e. The highest BCUT2D eigenvalue weighted by Gasteiger charge is 2.11. The van der Waals surface area contributed by atoms with E-state index >= 15 is 0 Å². The first-order valence-corrected chi connectivity index (χ1v) is 10.4. The van der Waals surface area contributed by atoms with E-state index in [1.807, 2.05) is 11.4 Å². The number of rotatable bonds is 4. The Morgan fingerprint density at radius 3 is 2.72 bits per heavy atom. The van der Waals surface area contributed by atoms with Gasteiger partial charge in [-0.15, -0.1) is 22.7 Å². The van der Waals surface area contributed by atoms with Crippen molar-refractivity contribution in [2.45, 2.75) is 17.8 Å². The summed E-state index contributed by atoms with van der Waals surface area (Å²) in [6, 6.07) is 10.2. The van der Waals surface area contributed by atoms with Crippen LogP contribution in [0.15, 0.2) is 51.0 Å². The standard InChI is InChI=1S/C18H15N3OS3/c1-11-3-5-12(6-4-11)15-19-13(9-24-15)10-25-18-20-16-14(7-8-23-16)17(22)21(18)2/h3-9H,10H2,1-2H3. The monoisotopic (exact) mass is 385 g/mol. The van der Waals surface area contributed by atoms with Crippen molar-refractivity contribution in [3.8, 4) is 10.6 Å². The predicted octanol–water partition coefficient (Wildman–Crippen LogP) is 4.72. The van der Waals surface area contributed by atoms with Crippen LogP contribution in [0.2, 0.25) is 0 Å². The summed E-state index contributed by atoms with van der Waals surface area (Å²) in [5, 5.41) is 6.41. The lowest BCUT2D eigenvalue weighted by Gasteiger charge is -2.05. The molecule has 0 atom stereocenters. The zero-order valence-corrected chi connectivity index (χ0v) is 16.2. The maximum Gasteiger partial charge on any atom is 0.262 e. The third kappa shape index (κ3) is 3.27. The van der Waals surface area contributed by atoms with Crippen LogP contribution in [-0.2, 0) is 12.8 Å². The summed E-state index contributed by atoms with van der Waals surface area (Å²) in [4.78, 5) is 22.5. The molecule has 0 aliphatic carbocycles. The smallest absolute Gasteiger partial charge is 0.262 e. The summed E-state index contributed by atoms with van der Waals surface area (Å²) in [6.07, 6.45) is 0. The van der Waals surface area contributed by atoms with Gasteiger partial charge in [0.15, 0.2) is 5.16 Å². The van der Waals surface area contributed by atoms with Crippen LogP contribution in [0.3, 0.4) is 0 Å². The van der Waals surface area contributed by atoms with Gasteiger partial charge in [0, 0.05) is 23.7 Å². The number of fused-ring (bicyclic) bond motifs is 1. The fraction of sp³-hybridized carbons (Fsp3) is 0.167. The molecule has 0 bridgehead atoms. The molecule has 0 saturated heterocycles. The molecule has 3 aromatic heterocycles. The number of thioether (sulfide) groups is 1. The average Bonchev–Trinajstić information content (AvgIpc) is 3.27. The summed E-state index contributed by atoms with van der Waals surface area (Å²) in [5.41, 5.74) is 3.39. The number of hydrogen-bond acceptors (Lipinski definition) is 6. The van der Waals surface area contributed by atoms with Crippen molar-refractivity contribution in [3.05, 3.63) is 62.7 Å². The molecular weight excluding hydrogens is 370 g/mol. The summed E-state index contributed by atoms with van der Waals surface area (Å²) < 4.78 is 1.62. The highest BCUT2D eigenvalue weighted by molar-refractivity contribution is 7.98. The van der Waals surface area contributed by atoms with E-state index in [1.165, 1.54) is 16.9 Å². The van der Waals surface area contributed by atoms with Gasteiger partial charge < -0.3 is 0 Å². The number of aryl methyl sites for hydroxylation is 1. The zero-order chi connectivity index (χ0) is 17.4. The fourth-order valence-electron chi connectivity index (χ4n) is 2.45. The van der Waals surface area contributed by atoms with Crippen LogP contribution in [0, 0.1) is 6.92 Å². The minimum atomic E-state index is 0.00683. The molecule has 0 unspecified atom stereocenters. The van der Waals surface area contributed by atoms with E-state index in [-0.39, 0.29) is 5.56 Å². The zero-order valence-electron chi connectivity index (χ0n) is 13.7. The fourth-order valence-corrected chi connectivity index (χ4v) is 5.05. The lowest BCUT2D eigenvalue weighted by atomic mass is 10.2. The van der Waals surface area contributed by atoms with Crippen LogP contribution in [0.5, 0.6) is 0 Å². The van der Waals surface area contributed by atoms with Crippen LogP contribution in [-0.4, -0.2) is 14.5 Å². The number of aromatic nitrogens is 3. The first-order chi connectivity index (χ1) is 12.1. The second kappa shape index (κ2) is 6.74. The highest BCUT2D eigenvalue weighted by atomic mass is 32.2. The van der Waals surface area contributed by atoms with E-state index in [0.29, 0.717) is 11.1 Å². The van der Waals surface area contributed by atoms with Crippen molar-refractivity contribution in [2.24, 2.45) is 7.05 Å². The molecule has 7 heteroatoms. The third-order valence-corrected chi connectivity index (χ3v) is 6.67. The van der Waals surface area contributed by atoms with Crippen molar-refractivity contribution >= 4 is 44.7 Å². The van der Waals surface area contributed by atoms with E-state index in [0.717, 1.165) is 26.3 Å². The molecule has 4 nitrogen and oxygen atoms in total. The van der Waals surface area contributed by atoms with E-state index in [4.69, 9.17) is 4.98 Å². The number of thiophene rings is 1. The number of hydrogen-bond donors (Lipinski definition) is 0. The molecule has 0 aliphatic heterocycles. The van der Waals surface area contributed by atoms with Gasteiger partial charge in [0.2, 0.25) is 0 Å². The summed E-state index contributed by atoms with van der Waals surface area (Å²) in [5.74, 6) is 0.694. The molecule has 25 heavy (non-hydrogen) atoms. The molecule has 0 amide bonds. The average molecular weight is 386 g/mol. The van der Waals surface area contributed by atoms with Gasteiger partial charge in [-0.05, 0) is 18.4 Å². The molecule has 1 aromatic carbocycles. The summed E-state index contributed by atoms with van der Waals surface area (Å²) in [7, 11) is 1.77. The van der Waals surface area contributed by atoms with Crippen LogP contribution in [0.1, 0.15) is 11.3 Å². The van der Waals surface area contributed by atoms with Gasteiger partial charge in [-0.25, -0.2) is 9.97 Å². The molecule has 126 valence electrons. The second-order valence-electron chi connectivity index (χ2n) is 5.70. The molecule has 3 heterocycles. The predicted molar refractivity (Wildman–Crippen MR) is 107 cm³/mol. The largest absolute Gasteiger partial charge is 0.290 e. The Kier molecular flexibility index (Phi) is 4.45. The van der Waals surface area contributed by atoms with E-state index in [9.17, 15) is 4.79 Å². The molecule has 0 spiro atoms. The lowest BCUT2D eigenvalue weighted by Crippen LogP contribution is -2.19. The number of nitrogens with zero attached hydrogens (tertiary/aromatic N) is 3. The Labute approximate surface area is 157 Å². The van der Waals surface area contributed by atoms with Gasteiger partial charge in [-0.3, -0.25) is 9.36 Å². The number of thiazole rings is 1. The van der Waals surface area contributed by atoms with Crippen molar-refractivity contribution in [2.75, 3.05) is 0 Å². The van der Waals surface area contributed by atoms with Crippen LogP contribution in [0.4, 0.5) is 0 Å². The Balaban J connectivity index is 1.55. The highest BCUT2D eigenvalue weighted by Crippen LogP contribution is 2.28. The molecule has 4 rings (SSSR count). The van der Waals surface area contributed by atoms with E-state index in [1.54, 1.807) is 34.7 Å². The van der Waals surface area contributed by atoms with Crippen molar-refractivity contribution in [3.63, 3.8) is 0 Å². The normalized spacial score (nSPS) is 11.3. The Hall–Kier alpha value is -1.96. The lowest BCUT2D eigenvalue weighted by molar-refractivity contribution is 0.728. The summed E-state index contributed by atoms with van der Waals surface area (Å²) >= 11 is 4.69. The van der Waals surface area contributed by atoms with Crippen LogP contribution in [0.25, 0.3) is 20.8 Å². The topological polar surface area (TPSA) is 47.8 Å². The van der Waals surface area contributed by atoms with Gasteiger partial charge in [0.05, 0.1) is 11.1 Å². The second-order valence-corrected chi connectivity index (χ2v) is 8.39. The molecule has 0 fully saturated rings. The molecular formula is C18H15N3OS3. The molecule has 0 saturated carbocycles. The Morgan fingerprint density at radius 2 is 1.92 bits per heavy atom. The molecule has 0 radical (unpaired) electrons. The van der Waals surface area contributed by atoms with Gasteiger partial charge in [-0.2, -0.15) is 0 Å². The third-order valence-electron chi connectivity index (χ3n) is 3.86. The quantitative estimate of drug-likeness (QED) is 0.377. The molecule has 0 aliphatic rings. The summed E-state index contributed by atoms with van der Waals surface area (Å²) in [6.45, 7) is 2.08. The van der Waals surface area contributed by atoms with Crippen molar-refractivity contribution < 1.29 is 0 Å². The maximum atomic E-state index is 12.3. The first-order valence-electron chi connectivity index (χ1n) is 7.70. The maximum absolute atomic E-state index is 12.3. The molecule has 0 N–H and O–H groups in total.